The molecule has 0 amide bonds. The summed E-state index contributed by atoms with van der Waals surface area (Å²) in [5.74, 6) is 0. The fraction of sp³-hybridized carbons (Fsp3) is 0.333. The van der Waals surface area contributed by atoms with E-state index in [2.05, 4.69) is 10.5 Å². The molecule has 3 N–H and O–H groups in total. The Morgan fingerprint density at radius 1 is 1.36 bits per heavy atom. The summed E-state index contributed by atoms with van der Waals surface area (Å²) in [6.45, 7) is 1.95. The molecule has 1 aromatic carbocycles. The Bertz CT molecular complexity index is 264. The molecule has 1 aromatic rings. The zero-order valence-electron chi connectivity index (χ0n) is 8.19. The molecule has 0 saturated carbocycles. The Kier molecular flexibility index (Phi) is 4.92. The first-order chi connectivity index (χ1) is 6.74. The Balaban J connectivity index is 2.47. The SMILES string of the molecule is CNOOSc1ccc([C@H](C)N)cc1. The van der Waals surface area contributed by atoms with Gasteiger partial charge in [0, 0.05) is 18.0 Å². The van der Waals surface area contributed by atoms with Crippen molar-refractivity contribution >= 4 is 12.0 Å². The van der Waals surface area contributed by atoms with Crippen molar-refractivity contribution < 1.29 is 9.32 Å². The van der Waals surface area contributed by atoms with Gasteiger partial charge in [0.05, 0.1) is 12.0 Å². The molecule has 1 atom stereocenters. The van der Waals surface area contributed by atoms with E-state index in [-0.39, 0.29) is 6.04 Å². The number of hydrogen-bond acceptors (Lipinski definition) is 5. The van der Waals surface area contributed by atoms with Gasteiger partial charge in [0.15, 0.2) is 0 Å². The monoisotopic (exact) mass is 214 g/mol. The molecule has 0 saturated heterocycles. The summed E-state index contributed by atoms with van der Waals surface area (Å²) < 4.78 is 4.74. The normalized spacial score (nSPS) is 12.8. The fourth-order valence-corrected chi connectivity index (χ4v) is 1.35. The molecule has 0 unspecified atom stereocenters. The van der Waals surface area contributed by atoms with Crippen molar-refractivity contribution in [3.8, 4) is 0 Å². The van der Waals surface area contributed by atoms with Crippen molar-refractivity contribution in [2.45, 2.75) is 17.9 Å². The van der Waals surface area contributed by atoms with E-state index in [1.54, 1.807) is 7.05 Å². The maximum Gasteiger partial charge on any atom is 0.0702 e. The van der Waals surface area contributed by atoms with Gasteiger partial charge in [-0.2, -0.15) is 5.48 Å². The third-order valence-electron chi connectivity index (χ3n) is 1.65. The molecule has 0 spiro atoms. The first kappa shape index (κ1) is 11.5. The van der Waals surface area contributed by atoms with E-state index in [9.17, 15) is 0 Å². The Labute approximate surface area is 87.9 Å². The number of benzene rings is 1. The Morgan fingerprint density at radius 3 is 2.50 bits per heavy atom. The maximum absolute atomic E-state index is 5.71. The van der Waals surface area contributed by atoms with E-state index in [1.165, 1.54) is 0 Å². The summed E-state index contributed by atoms with van der Waals surface area (Å²) in [6.07, 6.45) is 0. The van der Waals surface area contributed by atoms with Crippen molar-refractivity contribution in [1.82, 2.24) is 5.48 Å². The van der Waals surface area contributed by atoms with Gasteiger partial charge in [-0.3, -0.25) is 0 Å². The fourth-order valence-electron chi connectivity index (χ4n) is 0.917. The zero-order valence-corrected chi connectivity index (χ0v) is 9.01. The van der Waals surface area contributed by atoms with Gasteiger partial charge in [0.1, 0.15) is 0 Å². The molecule has 4 nitrogen and oxygen atoms in total. The van der Waals surface area contributed by atoms with E-state index in [0.717, 1.165) is 22.5 Å². The summed E-state index contributed by atoms with van der Waals surface area (Å²) in [7, 11) is 1.62. The minimum atomic E-state index is 0.0588. The number of nitrogens with two attached hydrogens (primary N) is 1. The topological polar surface area (TPSA) is 56.5 Å². The van der Waals surface area contributed by atoms with E-state index in [1.807, 2.05) is 31.2 Å². The third-order valence-corrected chi connectivity index (χ3v) is 2.25. The number of nitrogens with one attached hydrogen (secondary N) is 1. The molecule has 0 bridgehead atoms. The van der Waals surface area contributed by atoms with E-state index in [4.69, 9.17) is 10.1 Å². The van der Waals surface area contributed by atoms with E-state index in [0.29, 0.717) is 0 Å². The lowest BCUT2D eigenvalue weighted by atomic mass is 10.1. The molecule has 5 heteroatoms. The van der Waals surface area contributed by atoms with E-state index < -0.39 is 0 Å². The highest BCUT2D eigenvalue weighted by molar-refractivity contribution is 7.94. The standard InChI is InChI=1S/C9H14N2O2S/c1-7(10)8-3-5-9(6-4-8)14-13-12-11-2/h3-7,11H,10H2,1-2H3/t7-/m0/s1. The molecule has 0 aliphatic carbocycles. The van der Waals surface area contributed by atoms with Gasteiger partial charge < -0.3 is 5.73 Å². The largest absolute Gasteiger partial charge is 0.324 e. The van der Waals surface area contributed by atoms with Gasteiger partial charge in [0.25, 0.3) is 0 Å². The molecular formula is C9H14N2O2S. The van der Waals surface area contributed by atoms with Crippen LogP contribution in [0, 0.1) is 0 Å². The average molecular weight is 214 g/mol. The second kappa shape index (κ2) is 6.00. The van der Waals surface area contributed by atoms with Crippen LogP contribution in [0.4, 0.5) is 0 Å². The van der Waals surface area contributed by atoms with Gasteiger partial charge >= 0.3 is 0 Å². The van der Waals surface area contributed by atoms with Gasteiger partial charge in [-0.05, 0) is 24.6 Å². The van der Waals surface area contributed by atoms with Crippen LogP contribution in [0.3, 0.4) is 0 Å². The van der Waals surface area contributed by atoms with Gasteiger partial charge in [-0.1, -0.05) is 12.1 Å². The molecular weight excluding hydrogens is 200 g/mol. The van der Waals surface area contributed by atoms with Gasteiger partial charge in [-0.25, -0.2) is 0 Å². The van der Waals surface area contributed by atoms with Crippen molar-refractivity contribution in [3.63, 3.8) is 0 Å². The van der Waals surface area contributed by atoms with Crippen LogP contribution in [-0.4, -0.2) is 7.05 Å². The van der Waals surface area contributed by atoms with Gasteiger partial charge in [0.2, 0.25) is 0 Å². The number of hydroxylamine groups is 1. The minimum Gasteiger partial charge on any atom is -0.324 e. The second-order valence-electron chi connectivity index (χ2n) is 2.80. The highest BCUT2D eigenvalue weighted by Crippen LogP contribution is 2.20. The van der Waals surface area contributed by atoms with Crippen molar-refractivity contribution in [1.29, 1.82) is 0 Å². The van der Waals surface area contributed by atoms with Crippen LogP contribution in [0.15, 0.2) is 29.2 Å². The molecule has 14 heavy (non-hydrogen) atoms. The number of rotatable bonds is 5. The van der Waals surface area contributed by atoms with Crippen LogP contribution in [-0.2, 0) is 9.32 Å². The minimum absolute atomic E-state index is 0.0588. The highest BCUT2D eigenvalue weighted by Gasteiger charge is 2.00. The lowest BCUT2D eigenvalue weighted by molar-refractivity contribution is -0.237. The van der Waals surface area contributed by atoms with Crippen LogP contribution in [0.5, 0.6) is 0 Å². The highest BCUT2D eigenvalue weighted by atomic mass is 32.2. The first-order valence-electron chi connectivity index (χ1n) is 4.26. The summed E-state index contributed by atoms with van der Waals surface area (Å²) >= 11 is 1.14. The molecule has 78 valence electrons. The Hall–Kier alpha value is -0.590. The van der Waals surface area contributed by atoms with Crippen LogP contribution in [0.25, 0.3) is 0 Å². The van der Waals surface area contributed by atoms with Crippen LogP contribution >= 0.6 is 12.0 Å². The van der Waals surface area contributed by atoms with E-state index >= 15 is 0 Å². The molecule has 0 aliphatic rings. The van der Waals surface area contributed by atoms with Crippen LogP contribution in [0.2, 0.25) is 0 Å². The summed E-state index contributed by atoms with van der Waals surface area (Å²) in [5, 5.41) is 0. The third kappa shape index (κ3) is 3.65. The maximum atomic E-state index is 5.71. The average Bonchev–Trinajstić information content (AvgIpc) is 2.19. The molecule has 0 radical (unpaired) electrons. The van der Waals surface area contributed by atoms with Crippen molar-refractivity contribution in [2.75, 3.05) is 7.05 Å². The molecule has 1 rings (SSSR count). The predicted molar refractivity (Wildman–Crippen MR) is 56.1 cm³/mol. The quantitative estimate of drug-likeness (QED) is 0.339. The summed E-state index contributed by atoms with van der Waals surface area (Å²) in [4.78, 5) is 5.47. The first-order valence-corrected chi connectivity index (χ1v) is 5.00. The van der Waals surface area contributed by atoms with Crippen molar-refractivity contribution in [3.05, 3.63) is 29.8 Å². The molecule has 0 aromatic heterocycles. The smallest absolute Gasteiger partial charge is 0.0702 e. The lowest BCUT2D eigenvalue weighted by Gasteiger charge is -2.05. The summed E-state index contributed by atoms with van der Waals surface area (Å²) in [5.41, 5.74) is 9.22. The predicted octanol–water partition coefficient (Wildman–Crippen LogP) is 1.80. The van der Waals surface area contributed by atoms with Crippen LogP contribution < -0.4 is 11.2 Å². The van der Waals surface area contributed by atoms with Gasteiger partial charge in [-0.15, -0.1) is 9.32 Å². The molecule has 0 aliphatic heterocycles. The number of hydrogen-bond donors (Lipinski definition) is 2. The molecule has 0 heterocycles. The summed E-state index contributed by atoms with van der Waals surface area (Å²) in [6, 6.07) is 7.86. The van der Waals surface area contributed by atoms with Crippen LogP contribution in [0.1, 0.15) is 18.5 Å². The zero-order chi connectivity index (χ0) is 10.4. The molecule has 0 fully saturated rings. The van der Waals surface area contributed by atoms with Crippen molar-refractivity contribution in [2.24, 2.45) is 5.73 Å². The lowest BCUT2D eigenvalue weighted by Crippen LogP contribution is -2.05. The Morgan fingerprint density at radius 2 is 2.00 bits per heavy atom. The second-order valence-corrected chi connectivity index (χ2v) is 3.57.